The van der Waals surface area contributed by atoms with Crippen molar-refractivity contribution in [2.24, 2.45) is 0 Å². The molecular formula is C14H17NO2. The molecule has 2 aliphatic rings. The zero-order valence-corrected chi connectivity index (χ0v) is 10.4. The molecule has 2 heterocycles. The number of fused-ring (bicyclic) bond motifs is 3. The second kappa shape index (κ2) is 3.76. The quantitative estimate of drug-likeness (QED) is 0.781. The number of carbonyl (C=O) groups excluding carboxylic acids is 1. The lowest BCUT2D eigenvalue weighted by molar-refractivity contribution is 0.0778. The number of aryl methyl sites for hydroxylation is 1. The SMILES string of the molecule is CCCN1Cc2c(cc(C)c3c2OCC3)C1=O. The second-order valence-corrected chi connectivity index (χ2v) is 4.85. The third-order valence-electron chi connectivity index (χ3n) is 3.67. The Balaban J connectivity index is 2.08. The summed E-state index contributed by atoms with van der Waals surface area (Å²) >= 11 is 0. The minimum Gasteiger partial charge on any atom is -0.493 e. The Bertz CT molecular complexity index is 493. The van der Waals surface area contributed by atoms with Crippen LogP contribution >= 0.6 is 0 Å². The van der Waals surface area contributed by atoms with Gasteiger partial charge in [-0.15, -0.1) is 0 Å². The predicted octanol–water partition coefficient (Wildman–Crippen LogP) is 2.30. The van der Waals surface area contributed by atoms with Crippen LogP contribution in [0.1, 0.15) is 40.4 Å². The summed E-state index contributed by atoms with van der Waals surface area (Å²) < 4.78 is 5.72. The van der Waals surface area contributed by atoms with E-state index >= 15 is 0 Å². The number of nitrogens with zero attached hydrogens (tertiary/aromatic N) is 1. The molecule has 1 amide bonds. The summed E-state index contributed by atoms with van der Waals surface area (Å²) in [5.41, 5.74) is 4.47. The van der Waals surface area contributed by atoms with Gasteiger partial charge in [0.25, 0.3) is 5.91 Å². The van der Waals surface area contributed by atoms with E-state index in [1.165, 1.54) is 11.1 Å². The molecule has 0 N–H and O–H groups in total. The first-order valence-electron chi connectivity index (χ1n) is 6.29. The molecule has 3 rings (SSSR count). The summed E-state index contributed by atoms with van der Waals surface area (Å²) in [6, 6.07) is 2.04. The van der Waals surface area contributed by atoms with Gasteiger partial charge in [0.15, 0.2) is 0 Å². The van der Waals surface area contributed by atoms with E-state index in [1.807, 2.05) is 11.0 Å². The van der Waals surface area contributed by atoms with Crippen LogP contribution in [0.15, 0.2) is 6.07 Å². The van der Waals surface area contributed by atoms with Crippen LogP contribution in [0.3, 0.4) is 0 Å². The number of hydrogen-bond acceptors (Lipinski definition) is 2. The number of rotatable bonds is 2. The number of amides is 1. The van der Waals surface area contributed by atoms with Gasteiger partial charge in [-0.05, 0) is 25.0 Å². The van der Waals surface area contributed by atoms with Crippen LogP contribution in [-0.2, 0) is 13.0 Å². The van der Waals surface area contributed by atoms with Crippen LogP contribution in [0, 0.1) is 6.92 Å². The molecule has 0 aromatic heterocycles. The van der Waals surface area contributed by atoms with Gasteiger partial charge in [0.1, 0.15) is 5.75 Å². The fourth-order valence-electron chi connectivity index (χ4n) is 2.85. The lowest BCUT2D eigenvalue weighted by Crippen LogP contribution is -2.24. The molecule has 0 saturated heterocycles. The molecule has 90 valence electrons. The van der Waals surface area contributed by atoms with Gasteiger partial charge < -0.3 is 9.64 Å². The van der Waals surface area contributed by atoms with Crippen molar-refractivity contribution in [3.05, 3.63) is 28.3 Å². The standard InChI is InChI=1S/C14H17NO2/c1-3-5-15-8-12-11(14(15)16)7-9(2)10-4-6-17-13(10)12/h7H,3-6,8H2,1-2H3. The number of hydrogen-bond donors (Lipinski definition) is 0. The Kier molecular flexibility index (Phi) is 2.35. The molecule has 0 fully saturated rings. The normalized spacial score (nSPS) is 17.1. The van der Waals surface area contributed by atoms with E-state index in [-0.39, 0.29) is 5.91 Å². The molecule has 0 radical (unpaired) electrons. The number of ether oxygens (including phenoxy) is 1. The maximum atomic E-state index is 12.2. The topological polar surface area (TPSA) is 29.5 Å². The maximum absolute atomic E-state index is 12.2. The third kappa shape index (κ3) is 1.45. The van der Waals surface area contributed by atoms with Crippen molar-refractivity contribution < 1.29 is 9.53 Å². The van der Waals surface area contributed by atoms with Gasteiger partial charge in [0.05, 0.1) is 13.2 Å². The van der Waals surface area contributed by atoms with Crippen LogP contribution in [-0.4, -0.2) is 24.0 Å². The average Bonchev–Trinajstić information content (AvgIpc) is 2.88. The van der Waals surface area contributed by atoms with Crippen molar-refractivity contribution in [2.75, 3.05) is 13.2 Å². The van der Waals surface area contributed by atoms with Gasteiger partial charge in [-0.1, -0.05) is 6.92 Å². The van der Waals surface area contributed by atoms with Crippen molar-refractivity contribution in [1.29, 1.82) is 0 Å². The Labute approximate surface area is 101 Å². The largest absolute Gasteiger partial charge is 0.493 e. The molecule has 0 atom stereocenters. The van der Waals surface area contributed by atoms with Gasteiger partial charge in [-0.25, -0.2) is 0 Å². The van der Waals surface area contributed by atoms with Crippen molar-refractivity contribution in [3.8, 4) is 5.75 Å². The first kappa shape index (κ1) is 10.6. The highest BCUT2D eigenvalue weighted by atomic mass is 16.5. The third-order valence-corrected chi connectivity index (χ3v) is 3.67. The van der Waals surface area contributed by atoms with Crippen LogP contribution in [0.4, 0.5) is 0 Å². The summed E-state index contributed by atoms with van der Waals surface area (Å²) in [5.74, 6) is 1.16. The first-order valence-corrected chi connectivity index (χ1v) is 6.29. The van der Waals surface area contributed by atoms with E-state index in [2.05, 4.69) is 13.8 Å². The molecule has 0 aliphatic carbocycles. The molecule has 3 nitrogen and oxygen atoms in total. The van der Waals surface area contributed by atoms with E-state index in [0.717, 1.165) is 49.4 Å². The summed E-state index contributed by atoms with van der Waals surface area (Å²) in [6.45, 7) is 6.49. The molecule has 0 unspecified atom stereocenters. The number of carbonyl (C=O) groups is 1. The highest BCUT2D eigenvalue weighted by molar-refractivity contribution is 5.99. The van der Waals surface area contributed by atoms with Crippen LogP contribution in [0.2, 0.25) is 0 Å². The summed E-state index contributed by atoms with van der Waals surface area (Å²) in [6.07, 6.45) is 1.98. The highest BCUT2D eigenvalue weighted by Crippen LogP contribution is 2.39. The van der Waals surface area contributed by atoms with E-state index in [9.17, 15) is 4.79 Å². The fraction of sp³-hybridized carbons (Fsp3) is 0.500. The van der Waals surface area contributed by atoms with Gasteiger partial charge in [0, 0.05) is 29.7 Å². The molecular weight excluding hydrogens is 214 g/mol. The second-order valence-electron chi connectivity index (χ2n) is 4.85. The molecule has 2 aliphatic heterocycles. The van der Waals surface area contributed by atoms with Crippen molar-refractivity contribution in [3.63, 3.8) is 0 Å². The van der Waals surface area contributed by atoms with Crippen LogP contribution in [0.5, 0.6) is 5.75 Å². The van der Waals surface area contributed by atoms with Gasteiger partial charge in [-0.3, -0.25) is 4.79 Å². The number of benzene rings is 1. The molecule has 0 saturated carbocycles. The lowest BCUT2D eigenvalue weighted by Gasteiger charge is -2.13. The first-order chi connectivity index (χ1) is 8.22. The lowest BCUT2D eigenvalue weighted by atomic mass is 9.98. The van der Waals surface area contributed by atoms with Crippen molar-refractivity contribution in [1.82, 2.24) is 4.90 Å². The molecule has 0 spiro atoms. The van der Waals surface area contributed by atoms with E-state index < -0.39 is 0 Å². The van der Waals surface area contributed by atoms with Crippen LogP contribution < -0.4 is 4.74 Å². The van der Waals surface area contributed by atoms with E-state index in [1.54, 1.807) is 0 Å². The molecule has 3 heteroatoms. The molecule has 0 bridgehead atoms. The fourth-order valence-corrected chi connectivity index (χ4v) is 2.85. The monoisotopic (exact) mass is 231 g/mol. The van der Waals surface area contributed by atoms with Gasteiger partial charge >= 0.3 is 0 Å². The Morgan fingerprint density at radius 2 is 2.24 bits per heavy atom. The Morgan fingerprint density at radius 3 is 3.00 bits per heavy atom. The van der Waals surface area contributed by atoms with Gasteiger partial charge in [-0.2, -0.15) is 0 Å². The Morgan fingerprint density at radius 1 is 1.41 bits per heavy atom. The maximum Gasteiger partial charge on any atom is 0.254 e. The summed E-state index contributed by atoms with van der Waals surface area (Å²) in [4.78, 5) is 14.1. The highest BCUT2D eigenvalue weighted by Gasteiger charge is 2.33. The predicted molar refractivity (Wildman–Crippen MR) is 65.4 cm³/mol. The minimum atomic E-state index is 0.170. The summed E-state index contributed by atoms with van der Waals surface area (Å²) in [7, 11) is 0. The smallest absolute Gasteiger partial charge is 0.254 e. The van der Waals surface area contributed by atoms with Crippen molar-refractivity contribution in [2.45, 2.75) is 33.2 Å². The van der Waals surface area contributed by atoms with Gasteiger partial charge in [0.2, 0.25) is 0 Å². The average molecular weight is 231 g/mol. The van der Waals surface area contributed by atoms with E-state index in [0.29, 0.717) is 0 Å². The Hall–Kier alpha value is -1.51. The zero-order valence-electron chi connectivity index (χ0n) is 10.4. The summed E-state index contributed by atoms with van der Waals surface area (Å²) in [5, 5.41) is 0. The molecule has 1 aromatic rings. The van der Waals surface area contributed by atoms with Crippen LogP contribution in [0.25, 0.3) is 0 Å². The molecule has 17 heavy (non-hydrogen) atoms. The zero-order chi connectivity index (χ0) is 12.0. The van der Waals surface area contributed by atoms with Crippen molar-refractivity contribution >= 4 is 5.91 Å². The minimum absolute atomic E-state index is 0.170. The molecule has 1 aromatic carbocycles. The van der Waals surface area contributed by atoms with E-state index in [4.69, 9.17) is 4.74 Å².